The number of nitrogens with zero attached hydrogens (tertiary/aromatic N) is 1. The van der Waals surface area contributed by atoms with E-state index < -0.39 is 21.2 Å². The fraction of sp³-hybridized carbons (Fsp3) is 0.0833. The summed E-state index contributed by atoms with van der Waals surface area (Å²) in [6, 6.07) is 8.94. The van der Waals surface area contributed by atoms with Gasteiger partial charge in [-0.1, -0.05) is 18.2 Å². The molecule has 1 heterocycles. The highest BCUT2D eigenvalue weighted by molar-refractivity contribution is 7.92. The van der Waals surface area contributed by atoms with E-state index in [2.05, 4.69) is 4.83 Å². The van der Waals surface area contributed by atoms with Crippen LogP contribution >= 0.6 is 0 Å². The van der Waals surface area contributed by atoms with E-state index in [0.717, 1.165) is 16.9 Å². The van der Waals surface area contributed by atoms with Gasteiger partial charge < -0.3 is 5.11 Å². The molecule has 2 N–H and O–H groups in total. The van der Waals surface area contributed by atoms with E-state index in [1.54, 1.807) is 25.1 Å². The highest BCUT2D eigenvalue weighted by Gasteiger charge is 2.14. The molecule has 0 fully saturated rings. The molecule has 0 aliphatic heterocycles. The number of sulfonamides is 1. The summed E-state index contributed by atoms with van der Waals surface area (Å²) in [6.45, 7) is 1.55. The number of hydrogen-bond donors (Lipinski definition) is 2. The van der Waals surface area contributed by atoms with Gasteiger partial charge in [-0.3, -0.25) is 9.47 Å². The number of aryl methyl sites for hydroxylation is 1. The van der Waals surface area contributed by atoms with E-state index in [1.807, 2.05) is 0 Å². The molecule has 7 heteroatoms. The first-order valence-corrected chi connectivity index (χ1v) is 6.88. The lowest BCUT2D eigenvalue weighted by atomic mass is 10.3. The summed E-state index contributed by atoms with van der Waals surface area (Å²) in [4.78, 5) is 13.5. The van der Waals surface area contributed by atoms with E-state index in [4.69, 9.17) is 0 Å². The maximum Gasteiger partial charge on any atom is 0.275 e. The number of aromatic nitrogens is 1. The predicted molar refractivity (Wildman–Crippen MR) is 70.1 cm³/mol. The largest absolute Gasteiger partial charge is 0.503 e. The molecule has 0 radical (unpaired) electrons. The second kappa shape index (κ2) is 4.77. The van der Waals surface area contributed by atoms with E-state index in [0.29, 0.717) is 5.69 Å². The molecule has 0 atom stereocenters. The van der Waals surface area contributed by atoms with Gasteiger partial charge in [-0.25, -0.2) is 4.83 Å². The van der Waals surface area contributed by atoms with Crippen molar-refractivity contribution in [2.75, 3.05) is 4.83 Å². The van der Waals surface area contributed by atoms with Gasteiger partial charge in [0, 0.05) is 11.8 Å². The van der Waals surface area contributed by atoms with Crippen molar-refractivity contribution >= 4 is 10.0 Å². The fourth-order valence-corrected chi connectivity index (χ4v) is 2.58. The molecule has 2 aromatic rings. The molecule has 19 heavy (non-hydrogen) atoms. The van der Waals surface area contributed by atoms with Crippen molar-refractivity contribution in [1.29, 1.82) is 0 Å². The molecule has 0 unspecified atom stereocenters. The molecular weight excluding hydrogens is 268 g/mol. The maximum atomic E-state index is 12.1. The summed E-state index contributed by atoms with van der Waals surface area (Å²) in [5, 5.41) is 9.32. The van der Waals surface area contributed by atoms with Crippen LogP contribution in [0.1, 0.15) is 5.69 Å². The molecule has 0 aliphatic carbocycles. The minimum Gasteiger partial charge on any atom is -0.503 e. The van der Waals surface area contributed by atoms with Crippen molar-refractivity contribution in [2.45, 2.75) is 11.8 Å². The van der Waals surface area contributed by atoms with Crippen LogP contribution in [0, 0.1) is 6.92 Å². The second-order valence-corrected chi connectivity index (χ2v) is 5.60. The monoisotopic (exact) mass is 280 g/mol. The maximum absolute atomic E-state index is 12.1. The normalized spacial score (nSPS) is 11.2. The Hall–Kier alpha value is -2.28. The molecule has 6 nitrogen and oxygen atoms in total. The van der Waals surface area contributed by atoms with Gasteiger partial charge in [0.2, 0.25) is 5.43 Å². The Morgan fingerprint density at radius 1 is 1.21 bits per heavy atom. The summed E-state index contributed by atoms with van der Waals surface area (Å²) < 4.78 is 25.2. The molecular formula is C12H12N2O4S. The molecule has 1 aromatic carbocycles. The SMILES string of the molecule is Cc1cc(=O)c(O)cn1NS(=O)(=O)c1ccccc1. The first-order chi connectivity index (χ1) is 8.90. The van der Waals surface area contributed by atoms with Crippen molar-refractivity contribution in [3.8, 4) is 5.75 Å². The first kappa shape index (κ1) is 13.2. The van der Waals surface area contributed by atoms with Gasteiger partial charge in [-0.15, -0.1) is 0 Å². The average molecular weight is 280 g/mol. The number of hydrogen-bond acceptors (Lipinski definition) is 4. The van der Waals surface area contributed by atoms with Crippen molar-refractivity contribution in [2.24, 2.45) is 0 Å². The van der Waals surface area contributed by atoms with Crippen LogP contribution in [0.5, 0.6) is 5.75 Å². The van der Waals surface area contributed by atoms with Crippen molar-refractivity contribution < 1.29 is 13.5 Å². The van der Waals surface area contributed by atoms with Crippen LogP contribution in [-0.2, 0) is 10.0 Å². The molecule has 0 saturated heterocycles. The fourth-order valence-electron chi connectivity index (χ4n) is 1.50. The predicted octanol–water partition coefficient (Wildman–Crippen LogP) is 0.795. The summed E-state index contributed by atoms with van der Waals surface area (Å²) in [6.07, 6.45) is 1.03. The van der Waals surface area contributed by atoms with E-state index in [-0.39, 0.29) is 4.90 Å². The lowest BCUT2D eigenvalue weighted by Gasteiger charge is -2.13. The number of nitrogens with one attached hydrogen (secondary N) is 1. The minimum absolute atomic E-state index is 0.0904. The van der Waals surface area contributed by atoms with Gasteiger partial charge in [0.25, 0.3) is 10.0 Å². The zero-order valence-electron chi connectivity index (χ0n) is 10.1. The minimum atomic E-state index is -3.77. The Bertz CT molecular complexity index is 751. The number of pyridine rings is 1. The molecule has 0 amide bonds. The van der Waals surface area contributed by atoms with Gasteiger partial charge >= 0.3 is 0 Å². The summed E-state index contributed by atoms with van der Waals surface area (Å²) in [7, 11) is -3.77. The van der Waals surface area contributed by atoms with Gasteiger partial charge in [-0.05, 0) is 19.1 Å². The molecule has 2 rings (SSSR count). The summed E-state index contributed by atoms with van der Waals surface area (Å²) in [5.74, 6) is -0.527. The van der Waals surface area contributed by atoms with Crippen LogP contribution in [0.25, 0.3) is 0 Å². The Morgan fingerprint density at radius 3 is 2.47 bits per heavy atom. The van der Waals surface area contributed by atoms with Crippen LogP contribution in [-0.4, -0.2) is 18.2 Å². The zero-order valence-corrected chi connectivity index (χ0v) is 10.9. The highest BCUT2D eigenvalue weighted by atomic mass is 32.2. The second-order valence-electron chi connectivity index (χ2n) is 3.94. The topological polar surface area (TPSA) is 88.4 Å². The third-order valence-corrected chi connectivity index (χ3v) is 3.83. The van der Waals surface area contributed by atoms with Gasteiger partial charge in [0.05, 0.1) is 11.1 Å². The van der Waals surface area contributed by atoms with Crippen molar-refractivity contribution in [3.63, 3.8) is 0 Å². The third kappa shape index (κ3) is 2.76. The van der Waals surface area contributed by atoms with Crippen LogP contribution in [0.3, 0.4) is 0 Å². The molecule has 100 valence electrons. The van der Waals surface area contributed by atoms with Crippen LogP contribution in [0.2, 0.25) is 0 Å². The average Bonchev–Trinajstić information content (AvgIpc) is 2.37. The van der Waals surface area contributed by atoms with E-state index >= 15 is 0 Å². The van der Waals surface area contributed by atoms with Crippen molar-refractivity contribution in [3.05, 3.63) is 58.5 Å². The molecule has 0 spiro atoms. The third-order valence-electron chi connectivity index (χ3n) is 2.50. The van der Waals surface area contributed by atoms with Gasteiger partial charge in [0.1, 0.15) is 0 Å². The molecule has 0 bridgehead atoms. The number of aromatic hydroxyl groups is 1. The van der Waals surface area contributed by atoms with E-state index in [1.165, 1.54) is 12.1 Å². The first-order valence-electron chi connectivity index (χ1n) is 5.40. The number of benzene rings is 1. The Morgan fingerprint density at radius 2 is 1.84 bits per heavy atom. The number of rotatable bonds is 3. The Kier molecular flexibility index (Phi) is 3.30. The van der Waals surface area contributed by atoms with Gasteiger partial charge in [-0.2, -0.15) is 8.42 Å². The summed E-state index contributed by atoms with van der Waals surface area (Å²) >= 11 is 0. The van der Waals surface area contributed by atoms with Crippen molar-refractivity contribution in [1.82, 2.24) is 4.68 Å². The van der Waals surface area contributed by atoms with Crippen LogP contribution in [0.4, 0.5) is 0 Å². The summed E-state index contributed by atoms with van der Waals surface area (Å²) in [5.41, 5.74) is -0.199. The quantitative estimate of drug-likeness (QED) is 0.870. The van der Waals surface area contributed by atoms with Gasteiger partial charge in [0.15, 0.2) is 5.75 Å². The lowest BCUT2D eigenvalue weighted by Crippen LogP contribution is -2.26. The Balaban J connectivity index is 2.42. The smallest absolute Gasteiger partial charge is 0.275 e. The molecule has 0 aliphatic rings. The highest BCUT2D eigenvalue weighted by Crippen LogP contribution is 2.10. The zero-order chi connectivity index (χ0) is 14.0. The molecule has 1 aromatic heterocycles. The Labute approximate surface area is 110 Å². The molecule has 0 saturated carbocycles. The lowest BCUT2D eigenvalue weighted by molar-refractivity contribution is 0.463. The standard InChI is InChI=1S/C12H12N2O4S/c1-9-7-11(15)12(16)8-14(9)13-19(17,18)10-5-3-2-4-6-10/h2-8,13,16H,1H3. The van der Waals surface area contributed by atoms with Crippen LogP contribution < -0.4 is 10.3 Å². The van der Waals surface area contributed by atoms with E-state index in [9.17, 15) is 18.3 Å². The van der Waals surface area contributed by atoms with Crippen LogP contribution in [0.15, 0.2) is 52.3 Å².